The maximum Gasteiger partial charge on any atom is 0.266 e. The van der Waals surface area contributed by atoms with Crippen molar-refractivity contribution < 1.29 is 4.74 Å². The van der Waals surface area contributed by atoms with Gasteiger partial charge in [-0.1, -0.05) is 12.1 Å². The van der Waals surface area contributed by atoms with E-state index in [1.807, 2.05) is 24.3 Å². The Morgan fingerprint density at radius 3 is 2.94 bits per heavy atom. The molecule has 1 aromatic heterocycles. The molecule has 0 aliphatic heterocycles. The van der Waals surface area contributed by atoms with Crippen LogP contribution in [-0.2, 0) is 13.1 Å². The lowest BCUT2D eigenvalue weighted by atomic mass is 10.2. The highest BCUT2D eigenvalue weighted by molar-refractivity contribution is 5.28. The van der Waals surface area contributed by atoms with Crippen molar-refractivity contribution in [3.05, 3.63) is 58.5 Å². The van der Waals surface area contributed by atoms with Crippen LogP contribution in [0.25, 0.3) is 0 Å². The van der Waals surface area contributed by atoms with Crippen LogP contribution in [0.1, 0.15) is 5.56 Å². The van der Waals surface area contributed by atoms with Crippen molar-refractivity contribution in [1.82, 2.24) is 9.78 Å². The van der Waals surface area contributed by atoms with E-state index in [9.17, 15) is 4.79 Å². The van der Waals surface area contributed by atoms with E-state index in [0.29, 0.717) is 19.7 Å². The summed E-state index contributed by atoms with van der Waals surface area (Å²) in [5.41, 5.74) is 6.44. The molecule has 18 heavy (non-hydrogen) atoms. The van der Waals surface area contributed by atoms with Gasteiger partial charge in [0.2, 0.25) is 0 Å². The zero-order chi connectivity index (χ0) is 12.8. The van der Waals surface area contributed by atoms with E-state index < -0.39 is 0 Å². The zero-order valence-corrected chi connectivity index (χ0v) is 9.95. The third kappa shape index (κ3) is 3.18. The molecule has 2 rings (SSSR count). The fourth-order valence-electron chi connectivity index (χ4n) is 1.57. The Kier molecular flexibility index (Phi) is 4.09. The summed E-state index contributed by atoms with van der Waals surface area (Å²) in [6.45, 7) is 1.30. The summed E-state index contributed by atoms with van der Waals surface area (Å²) in [4.78, 5) is 11.4. The van der Waals surface area contributed by atoms with Gasteiger partial charge in [-0.25, -0.2) is 4.68 Å². The second-order valence-electron chi connectivity index (χ2n) is 3.79. The first-order valence-corrected chi connectivity index (χ1v) is 5.73. The Balaban J connectivity index is 1.92. The molecule has 2 aromatic rings. The Labute approximate surface area is 105 Å². The zero-order valence-electron chi connectivity index (χ0n) is 9.95. The van der Waals surface area contributed by atoms with E-state index in [1.165, 1.54) is 10.7 Å². The normalized spacial score (nSPS) is 10.3. The molecule has 0 unspecified atom stereocenters. The molecule has 5 heteroatoms. The largest absolute Gasteiger partial charge is 0.492 e. The Hall–Kier alpha value is -2.14. The topological polar surface area (TPSA) is 70.1 Å². The predicted molar refractivity (Wildman–Crippen MR) is 68.3 cm³/mol. The molecular weight excluding hydrogens is 230 g/mol. The number of benzene rings is 1. The minimum atomic E-state index is -0.128. The predicted octanol–water partition coefficient (Wildman–Crippen LogP) is 0.781. The Morgan fingerprint density at radius 2 is 2.17 bits per heavy atom. The van der Waals surface area contributed by atoms with Crippen LogP contribution in [0.15, 0.2) is 47.4 Å². The Morgan fingerprint density at radius 1 is 1.28 bits per heavy atom. The number of rotatable bonds is 5. The number of hydrogen-bond acceptors (Lipinski definition) is 4. The third-order valence-electron chi connectivity index (χ3n) is 2.49. The van der Waals surface area contributed by atoms with Crippen molar-refractivity contribution in [2.45, 2.75) is 13.1 Å². The van der Waals surface area contributed by atoms with Gasteiger partial charge >= 0.3 is 0 Å². The summed E-state index contributed by atoms with van der Waals surface area (Å²) in [6.07, 6.45) is 1.58. The molecule has 2 N–H and O–H groups in total. The molecule has 0 saturated carbocycles. The summed E-state index contributed by atoms with van der Waals surface area (Å²) in [6, 6.07) is 10.7. The van der Waals surface area contributed by atoms with E-state index in [0.717, 1.165) is 11.3 Å². The molecule has 0 radical (unpaired) electrons. The highest BCUT2D eigenvalue weighted by Crippen LogP contribution is 2.12. The second-order valence-corrected chi connectivity index (χ2v) is 3.79. The number of nitrogens with zero attached hydrogens (tertiary/aromatic N) is 2. The SMILES string of the molecule is NCc1cccc(OCCn2ncccc2=O)c1. The molecule has 0 bridgehead atoms. The maximum atomic E-state index is 11.4. The van der Waals surface area contributed by atoms with Crippen molar-refractivity contribution in [1.29, 1.82) is 0 Å². The van der Waals surface area contributed by atoms with Gasteiger partial charge in [-0.3, -0.25) is 4.79 Å². The van der Waals surface area contributed by atoms with E-state index in [1.54, 1.807) is 12.3 Å². The summed E-state index contributed by atoms with van der Waals surface area (Å²) in [7, 11) is 0. The summed E-state index contributed by atoms with van der Waals surface area (Å²) in [5, 5.41) is 3.95. The quantitative estimate of drug-likeness (QED) is 0.845. The van der Waals surface area contributed by atoms with Gasteiger partial charge in [0.05, 0.1) is 6.54 Å². The lowest BCUT2D eigenvalue weighted by molar-refractivity contribution is 0.287. The molecule has 0 fully saturated rings. The summed E-state index contributed by atoms with van der Waals surface area (Å²) >= 11 is 0. The van der Waals surface area contributed by atoms with Gasteiger partial charge in [-0.05, 0) is 23.8 Å². The molecule has 1 heterocycles. The molecule has 0 atom stereocenters. The van der Waals surface area contributed by atoms with Crippen molar-refractivity contribution in [2.24, 2.45) is 5.73 Å². The van der Waals surface area contributed by atoms with Crippen molar-refractivity contribution in [3.63, 3.8) is 0 Å². The van der Waals surface area contributed by atoms with Crippen LogP contribution in [-0.4, -0.2) is 16.4 Å². The highest BCUT2D eigenvalue weighted by atomic mass is 16.5. The first-order chi connectivity index (χ1) is 8.79. The van der Waals surface area contributed by atoms with E-state index in [4.69, 9.17) is 10.5 Å². The van der Waals surface area contributed by atoms with Crippen molar-refractivity contribution >= 4 is 0 Å². The van der Waals surface area contributed by atoms with Crippen LogP contribution >= 0.6 is 0 Å². The summed E-state index contributed by atoms with van der Waals surface area (Å²) in [5.74, 6) is 0.752. The van der Waals surface area contributed by atoms with Crippen LogP contribution in [0.5, 0.6) is 5.75 Å². The van der Waals surface area contributed by atoms with E-state index in [-0.39, 0.29) is 5.56 Å². The molecular formula is C13H15N3O2. The highest BCUT2D eigenvalue weighted by Gasteiger charge is 1.98. The molecule has 0 aliphatic rings. The minimum absolute atomic E-state index is 0.128. The van der Waals surface area contributed by atoms with Crippen LogP contribution in [0.3, 0.4) is 0 Å². The van der Waals surface area contributed by atoms with Crippen LogP contribution in [0, 0.1) is 0 Å². The molecule has 0 amide bonds. The average molecular weight is 245 g/mol. The molecule has 5 nitrogen and oxygen atoms in total. The molecule has 1 aromatic carbocycles. The Bertz CT molecular complexity index is 566. The monoisotopic (exact) mass is 245 g/mol. The van der Waals surface area contributed by atoms with Crippen LogP contribution in [0.2, 0.25) is 0 Å². The van der Waals surface area contributed by atoms with E-state index >= 15 is 0 Å². The van der Waals surface area contributed by atoms with E-state index in [2.05, 4.69) is 5.10 Å². The van der Waals surface area contributed by atoms with Gasteiger partial charge < -0.3 is 10.5 Å². The van der Waals surface area contributed by atoms with Crippen LogP contribution in [0.4, 0.5) is 0 Å². The van der Waals surface area contributed by atoms with Gasteiger partial charge in [-0.15, -0.1) is 0 Å². The molecule has 94 valence electrons. The van der Waals surface area contributed by atoms with Gasteiger partial charge in [0, 0.05) is 18.8 Å². The van der Waals surface area contributed by atoms with Gasteiger partial charge in [0.25, 0.3) is 5.56 Å². The fourth-order valence-corrected chi connectivity index (χ4v) is 1.57. The smallest absolute Gasteiger partial charge is 0.266 e. The maximum absolute atomic E-state index is 11.4. The summed E-state index contributed by atoms with van der Waals surface area (Å²) < 4.78 is 6.92. The molecule has 0 spiro atoms. The first kappa shape index (κ1) is 12.3. The minimum Gasteiger partial charge on any atom is -0.492 e. The van der Waals surface area contributed by atoms with Gasteiger partial charge in [-0.2, -0.15) is 5.10 Å². The first-order valence-electron chi connectivity index (χ1n) is 5.73. The molecule has 0 aliphatic carbocycles. The fraction of sp³-hybridized carbons (Fsp3) is 0.231. The van der Waals surface area contributed by atoms with Crippen molar-refractivity contribution in [3.8, 4) is 5.75 Å². The number of aromatic nitrogens is 2. The molecule has 0 saturated heterocycles. The third-order valence-corrected chi connectivity index (χ3v) is 2.49. The number of hydrogen-bond donors (Lipinski definition) is 1. The van der Waals surface area contributed by atoms with Gasteiger partial charge in [0.1, 0.15) is 12.4 Å². The lowest BCUT2D eigenvalue weighted by Gasteiger charge is -2.08. The lowest BCUT2D eigenvalue weighted by Crippen LogP contribution is -2.24. The van der Waals surface area contributed by atoms with Crippen LogP contribution < -0.4 is 16.0 Å². The second kappa shape index (κ2) is 5.97. The van der Waals surface area contributed by atoms with Crippen molar-refractivity contribution in [2.75, 3.05) is 6.61 Å². The standard InChI is InChI=1S/C13H15N3O2/c14-10-11-3-1-4-12(9-11)18-8-7-16-13(17)5-2-6-15-16/h1-6,9H,7-8,10,14H2. The average Bonchev–Trinajstić information content (AvgIpc) is 2.41. The number of nitrogens with two attached hydrogens (primary N) is 1. The number of ether oxygens (including phenoxy) is 1. The van der Waals surface area contributed by atoms with Gasteiger partial charge in [0.15, 0.2) is 0 Å².